The number of nitrogens with two attached hydrogens (primary N) is 1. The van der Waals surface area contributed by atoms with Crippen LogP contribution in [0.15, 0.2) is 22.7 Å². The van der Waals surface area contributed by atoms with Crippen molar-refractivity contribution in [3.63, 3.8) is 0 Å². The first-order valence-electron chi connectivity index (χ1n) is 7.34. The SMILES string of the molecule is CC(C)CN(Cc1ccc(Br)cc1N)C1CCCC1. The van der Waals surface area contributed by atoms with E-state index in [1.807, 2.05) is 6.07 Å². The minimum absolute atomic E-state index is 0.706. The number of hydrogen-bond donors (Lipinski definition) is 1. The van der Waals surface area contributed by atoms with Crippen LogP contribution in [-0.4, -0.2) is 17.5 Å². The number of nitrogen functional groups attached to an aromatic ring is 1. The Morgan fingerprint density at radius 2 is 2.00 bits per heavy atom. The van der Waals surface area contributed by atoms with Gasteiger partial charge in [-0.3, -0.25) is 4.90 Å². The van der Waals surface area contributed by atoms with E-state index in [1.54, 1.807) is 0 Å². The first kappa shape index (κ1) is 14.9. The lowest BCUT2D eigenvalue weighted by molar-refractivity contribution is 0.169. The van der Waals surface area contributed by atoms with Crippen molar-refractivity contribution in [2.75, 3.05) is 12.3 Å². The maximum Gasteiger partial charge on any atom is 0.0371 e. The van der Waals surface area contributed by atoms with E-state index in [9.17, 15) is 0 Å². The van der Waals surface area contributed by atoms with Crippen molar-refractivity contribution in [1.29, 1.82) is 0 Å². The zero-order valence-electron chi connectivity index (χ0n) is 12.0. The summed E-state index contributed by atoms with van der Waals surface area (Å²) in [5, 5.41) is 0. The zero-order chi connectivity index (χ0) is 13.8. The molecule has 106 valence electrons. The molecule has 1 aliphatic rings. The van der Waals surface area contributed by atoms with Gasteiger partial charge in [0.15, 0.2) is 0 Å². The fourth-order valence-electron chi connectivity index (χ4n) is 3.01. The van der Waals surface area contributed by atoms with Crippen LogP contribution < -0.4 is 5.73 Å². The third-order valence-corrected chi connectivity index (χ3v) is 4.42. The predicted molar refractivity (Wildman–Crippen MR) is 86.1 cm³/mol. The van der Waals surface area contributed by atoms with Gasteiger partial charge in [0.1, 0.15) is 0 Å². The molecular formula is C16H25BrN2. The molecule has 3 heteroatoms. The van der Waals surface area contributed by atoms with Crippen LogP contribution in [0.5, 0.6) is 0 Å². The standard InChI is InChI=1S/C16H25BrN2/c1-12(2)10-19(15-5-3-4-6-15)11-13-7-8-14(17)9-16(13)18/h7-9,12,15H,3-6,10-11,18H2,1-2H3. The average Bonchev–Trinajstić information content (AvgIpc) is 2.84. The Morgan fingerprint density at radius 1 is 1.32 bits per heavy atom. The highest BCUT2D eigenvalue weighted by Crippen LogP contribution is 2.27. The molecule has 1 aromatic rings. The summed E-state index contributed by atoms with van der Waals surface area (Å²) < 4.78 is 1.06. The summed E-state index contributed by atoms with van der Waals surface area (Å²) in [6, 6.07) is 7.01. The third kappa shape index (κ3) is 4.22. The van der Waals surface area contributed by atoms with Gasteiger partial charge in [-0.05, 0) is 36.5 Å². The fraction of sp³-hybridized carbons (Fsp3) is 0.625. The summed E-state index contributed by atoms with van der Waals surface area (Å²) in [4.78, 5) is 2.64. The molecule has 0 saturated heterocycles. The molecule has 0 amide bonds. The molecule has 0 spiro atoms. The van der Waals surface area contributed by atoms with Crippen molar-refractivity contribution in [2.24, 2.45) is 5.92 Å². The van der Waals surface area contributed by atoms with E-state index < -0.39 is 0 Å². The topological polar surface area (TPSA) is 29.3 Å². The molecule has 1 saturated carbocycles. The van der Waals surface area contributed by atoms with Gasteiger partial charge in [-0.1, -0.05) is 48.7 Å². The number of anilines is 1. The van der Waals surface area contributed by atoms with Crippen molar-refractivity contribution in [1.82, 2.24) is 4.90 Å². The molecule has 0 heterocycles. The molecule has 0 bridgehead atoms. The van der Waals surface area contributed by atoms with Gasteiger partial charge < -0.3 is 5.73 Å². The highest BCUT2D eigenvalue weighted by Gasteiger charge is 2.23. The Morgan fingerprint density at radius 3 is 2.58 bits per heavy atom. The highest BCUT2D eigenvalue weighted by atomic mass is 79.9. The lowest BCUT2D eigenvalue weighted by Gasteiger charge is -2.31. The van der Waals surface area contributed by atoms with E-state index in [4.69, 9.17) is 5.73 Å². The molecule has 1 fully saturated rings. The average molecular weight is 325 g/mol. The van der Waals surface area contributed by atoms with Crippen molar-refractivity contribution in [3.05, 3.63) is 28.2 Å². The molecule has 1 aromatic carbocycles. The van der Waals surface area contributed by atoms with Crippen molar-refractivity contribution >= 4 is 21.6 Å². The van der Waals surface area contributed by atoms with Crippen LogP contribution >= 0.6 is 15.9 Å². The number of benzene rings is 1. The molecule has 2 rings (SSSR count). The van der Waals surface area contributed by atoms with E-state index in [-0.39, 0.29) is 0 Å². The second kappa shape index (κ2) is 6.76. The summed E-state index contributed by atoms with van der Waals surface area (Å²) in [7, 11) is 0. The van der Waals surface area contributed by atoms with Crippen LogP contribution in [-0.2, 0) is 6.54 Å². The van der Waals surface area contributed by atoms with Crippen molar-refractivity contribution < 1.29 is 0 Å². The molecular weight excluding hydrogens is 300 g/mol. The molecule has 1 aliphatic carbocycles. The molecule has 2 N–H and O–H groups in total. The number of nitrogens with zero attached hydrogens (tertiary/aromatic N) is 1. The van der Waals surface area contributed by atoms with E-state index in [0.717, 1.165) is 22.7 Å². The lowest BCUT2D eigenvalue weighted by atomic mass is 10.1. The first-order chi connectivity index (χ1) is 9.06. The van der Waals surface area contributed by atoms with Gasteiger partial charge in [0, 0.05) is 29.3 Å². The second-order valence-electron chi connectivity index (χ2n) is 6.10. The Bertz CT molecular complexity index is 411. The molecule has 19 heavy (non-hydrogen) atoms. The number of halogens is 1. The van der Waals surface area contributed by atoms with E-state index in [1.165, 1.54) is 37.8 Å². The lowest BCUT2D eigenvalue weighted by Crippen LogP contribution is -2.35. The second-order valence-corrected chi connectivity index (χ2v) is 7.02. The maximum atomic E-state index is 6.14. The predicted octanol–water partition coefficient (Wildman–Crippen LogP) is 4.43. The minimum atomic E-state index is 0.706. The molecule has 0 aromatic heterocycles. The van der Waals surface area contributed by atoms with Gasteiger partial charge in [-0.2, -0.15) is 0 Å². The van der Waals surface area contributed by atoms with E-state index in [0.29, 0.717) is 5.92 Å². The smallest absolute Gasteiger partial charge is 0.0371 e. The van der Waals surface area contributed by atoms with Crippen molar-refractivity contribution in [2.45, 2.75) is 52.1 Å². The first-order valence-corrected chi connectivity index (χ1v) is 8.13. The molecule has 0 atom stereocenters. The fourth-order valence-corrected chi connectivity index (χ4v) is 3.39. The quantitative estimate of drug-likeness (QED) is 0.812. The molecule has 0 radical (unpaired) electrons. The van der Waals surface area contributed by atoms with E-state index >= 15 is 0 Å². The minimum Gasteiger partial charge on any atom is -0.398 e. The summed E-state index contributed by atoms with van der Waals surface area (Å²) in [5.41, 5.74) is 8.31. The Labute approximate surface area is 125 Å². The number of rotatable bonds is 5. The van der Waals surface area contributed by atoms with Gasteiger partial charge in [-0.25, -0.2) is 0 Å². The monoisotopic (exact) mass is 324 g/mol. The van der Waals surface area contributed by atoms with Gasteiger partial charge in [-0.15, -0.1) is 0 Å². The number of hydrogen-bond acceptors (Lipinski definition) is 2. The normalized spacial score (nSPS) is 16.7. The molecule has 2 nitrogen and oxygen atoms in total. The maximum absolute atomic E-state index is 6.14. The van der Waals surface area contributed by atoms with Crippen LogP contribution in [0.1, 0.15) is 45.1 Å². The van der Waals surface area contributed by atoms with Crippen LogP contribution in [0.2, 0.25) is 0 Å². The van der Waals surface area contributed by atoms with Gasteiger partial charge in [0.2, 0.25) is 0 Å². The van der Waals surface area contributed by atoms with Crippen LogP contribution in [0.4, 0.5) is 5.69 Å². The summed E-state index contributed by atoms with van der Waals surface area (Å²) in [5.74, 6) is 0.706. The van der Waals surface area contributed by atoms with Gasteiger partial charge in [0.05, 0.1) is 0 Å². The Hall–Kier alpha value is -0.540. The molecule has 0 unspecified atom stereocenters. The largest absolute Gasteiger partial charge is 0.398 e. The summed E-state index contributed by atoms with van der Waals surface area (Å²) >= 11 is 3.48. The Kier molecular flexibility index (Phi) is 5.28. The summed E-state index contributed by atoms with van der Waals surface area (Å²) in [6.45, 7) is 6.75. The Balaban J connectivity index is 2.09. The van der Waals surface area contributed by atoms with Crippen LogP contribution in [0, 0.1) is 5.92 Å². The third-order valence-electron chi connectivity index (χ3n) is 3.92. The van der Waals surface area contributed by atoms with E-state index in [2.05, 4.69) is 46.8 Å². The highest BCUT2D eigenvalue weighted by molar-refractivity contribution is 9.10. The van der Waals surface area contributed by atoms with Gasteiger partial charge >= 0.3 is 0 Å². The zero-order valence-corrected chi connectivity index (χ0v) is 13.6. The molecule has 0 aliphatic heterocycles. The van der Waals surface area contributed by atoms with Crippen LogP contribution in [0.3, 0.4) is 0 Å². The van der Waals surface area contributed by atoms with Crippen LogP contribution in [0.25, 0.3) is 0 Å². The van der Waals surface area contributed by atoms with Crippen molar-refractivity contribution in [3.8, 4) is 0 Å². The summed E-state index contributed by atoms with van der Waals surface area (Å²) in [6.07, 6.45) is 5.47. The van der Waals surface area contributed by atoms with Gasteiger partial charge in [0.25, 0.3) is 0 Å².